The van der Waals surface area contributed by atoms with E-state index in [1.165, 1.54) is 18.0 Å². The zero-order valence-corrected chi connectivity index (χ0v) is 26.6. The Labute approximate surface area is 273 Å². The van der Waals surface area contributed by atoms with Crippen molar-refractivity contribution >= 4 is 21.8 Å². The van der Waals surface area contributed by atoms with Crippen molar-refractivity contribution in [2.45, 2.75) is 48.0 Å². The van der Waals surface area contributed by atoms with Crippen LogP contribution in [-0.2, 0) is 32.6 Å². The molecule has 3 atom stereocenters. The maximum Gasteiger partial charge on any atom is 0.251 e. The Kier molecular flexibility index (Phi) is 10.1. The third kappa shape index (κ3) is 7.84. The van der Waals surface area contributed by atoms with Crippen LogP contribution in [0.1, 0.15) is 41.1 Å². The quantitative estimate of drug-likeness (QED) is 0.0978. The smallest absolute Gasteiger partial charge is 0.251 e. The van der Waals surface area contributed by atoms with Crippen molar-refractivity contribution < 1.29 is 27.7 Å². The number of aliphatic hydroxyl groups excluding tert-OH is 1. The van der Waals surface area contributed by atoms with Crippen LogP contribution in [0.15, 0.2) is 137 Å². The number of rotatable bonds is 11. The average molecular weight is 655 g/mol. The van der Waals surface area contributed by atoms with E-state index >= 15 is 0 Å². The largest absolute Gasteiger partial charge is 0.618 e. The van der Waals surface area contributed by atoms with Gasteiger partial charge in [0, 0.05) is 36.4 Å². The summed E-state index contributed by atoms with van der Waals surface area (Å²) in [7, 11) is -3.64. The standard InChI is InChI=1S/C36H34N2O6S2/c39-24-26-15-17-28(18-16-26)34-22-32(25-45-35-14-4-5-19-38(35)40)43-36(44-34)31-11-7-10-30(21-31)29-9-6-8-27(20-29)23-37-46(41,42)33-12-2-1-3-13-33/h1-21,32,34,36-37,39H,22-25H2/t32-,34+,36+/m0/s1. The van der Waals surface area contributed by atoms with Gasteiger partial charge in [-0.2, -0.15) is 4.73 Å². The molecule has 0 amide bonds. The maximum absolute atomic E-state index is 12.7. The molecule has 0 spiro atoms. The number of nitrogens with one attached hydrogen (secondary N) is 1. The van der Waals surface area contributed by atoms with Crippen molar-refractivity contribution in [3.8, 4) is 11.1 Å². The predicted molar refractivity (Wildman–Crippen MR) is 177 cm³/mol. The highest BCUT2D eigenvalue weighted by atomic mass is 32.2. The van der Waals surface area contributed by atoms with E-state index in [1.807, 2.05) is 78.9 Å². The number of pyridine rings is 1. The molecule has 46 heavy (non-hydrogen) atoms. The molecule has 0 aliphatic carbocycles. The highest BCUT2D eigenvalue weighted by molar-refractivity contribution is 7.99. The van der Waals surface area contributed by atoms with Gasteiger partial charge in [-0.1, -0.05) is 90.6 Å². The molecule has 0 saturated carbocycles. The van der Waals surface area contributed by atoms with Crippen molar-refractivity contribution in [3.63, 3.8) is 0 Å². The number of thioether (sulfide) groups is 1. The van der Waals surface area contributed by atoms with Crippen molar-refractivity contribution in [2.75, 3.05) is 5.75 Å². The number of sulfonamides is 1. The van der Waals surface area contributed by atoms with E-state index in [4.69, 9.17) is 9.47 Å². The van der Waals surface area contributed by atoms with E-state index in [9.17, 15) is 18.7 Å². The van der Waals surface area contributed by atoms with E-state index < -0.39 is 16.3 Å². The van der Waals surface area contributed by atoms with Crippen molar-refractivity contribution in [1.29, 1.82) is 0 Å². The highest BCUT2D eigenvalue weighted by Gasteiger charge is 2.33. The first-order valence-corrected chi connectivity index (χ1v) is 17.4. The molecule has 1 aromatic heterocycles. The van der Waals surface area contributed by atoms with E-state index in [2.05, 4.69) is 4.72 Å². The second-order valence-electron chi connectivity index (χ2n) is 11.0. The fourth-order valence-electron chi connectivity index (χ4n) is 5.31. The molecule has 236 valence electrons. The van der Waals surface area contributed by atoms with E-state index in [1.54, 1.807) is 42.5 Å². The number of aromatic nitrogens is 1. The molecule has 10 heteroatoms. The zero-order valence-electron chi connectivity index (χ0n) is 24.9. The van der Waals surface area contributed by atoms with Gasteiger partial charge in [0.1, 0.15) is 0 Å². The second kappa shape index (κ2) is 14.6. The molecular weight excluding hydrogens is 621 g/mol. The fourth-order valence-corrected chi connectivity index (χ4v) is 7.29. The molecule has 5 aromatic rings. The Morgan fingerprint density at radius 1 is 0.804 bits per heavy atom. The van der Waals surface area contributed by atoms with E-state index in [-0.39, 0.29) is 30.3 Å². The predicted octanol–water partition coefficient (Wildman–Crippen LogP) is 6.30. The summed E-state index contributed by atoms with van der Waals surface area (Å²) < 4.78 is 42.1. The molecule has 1 fully saturated rings. The van der Waals surface area contributed by atoms with Crippen molar-refractivity contribution in [3.05, 3.63) is 155 Å². The van der Waals surface area contributed by atoms with E-state index in [0.29, 0.717) is 17.2 Å². The third-order valence-corrected chi connectivity index (χ3v) is 10.3. The third-order valence-electron chi connectivity index (χ3n) is 7.76. The van der Waals surface area contributed by atoms with Gasteiger partial charge in [-0.25, -0.2) is 13.1 Å². The lowest BCUT2D eigenvalue weighted by Crippen LogP contribution is -2.32. The molecule has 6 rings (SSSR count). The van der Waals surface area contributed by atoms with Crippen LogP contribution in [0.3, 0.4) is 0 Å². The summed E-state index contributed by atoms with van der Waals surface area (Å²) in [6.45, 7) is 0.121. The van der Waals surface area contributed by atoms with Crippen LogP contribution in [0.4, 0.5) is 0 Å². The molecule has 1 saturated heterocycles. The number of aliphatic hydroxyl groups is 1. The van der Waals surface area contributed by atoms with Gasteiger partial charge in [0.05, 0.1) is 23.7 Å². The molecule has 1 aliphatic heterocycles. The Morgan fingerprint density at radius 2 is 1.54 bits per heavy atom. The molecule has 0 unspecified atom stereocenters. The molecule has 8 nitrogen and oxygen atoms in total. The van der Waals surface area contributed by atoms with Crippen LogP contribution in [-0.4, -0.2) is 25.4 Å². The minimum atomic E-state index is -3.64. The van der Waals surface area contributed by atoms with Gasteiger partial charge in [-0.15, -0.1) is 0 Å². The Morgan fingerprint density at radius 3 is 2.30 bits per heavy atom. The van der Waals surface area contributed by atoms with Gasteiger partial charge in [0.25, 0.3) is 5.03 Å². The average Bonchev–Trinajstić information content (AvgIpc) is 3.11. The minimum absolute atomic E-state index is 0.0318. The molecular formula is C36H34N2O6S2. The van der Waals surface area contributed by atoms with Crippen LogP contribution in [0.5, 0.6) is 0 Å². The second-order valence-corrected chi connectivity index (χ2v) is 13.8. The summed E-state index contributed by atoms with van der Waals surface area (Å²) in [6.07, 6.45) is 0.986. The van der Waals surface area contributed by atoms with Gasteiger partial charge in [0.2, 0.25) is 10.0 Å². The van der Waals surface area contributed by atoms with E-state index in [0.717, 1.165) is 38.1 Å². The minimum Gasteiger partial charge on any atom is -0.618 e. The summed E-state index contributed by atoms with van der Waals surface area (Å²) in [6, 6.07) is 37.1. The van der Waals surface area contributed by atoms with Crippen LogP contribution in [0, 0.1) is 5.21 Å². The topological polar surface area (TPSA) is 112 Å². The molecule has 2 heterocycles. The maximum atomic E-state index is 12.7. The molecule has 1 aliphatic rings. The van der Waals surface area contributed by atoms with Gasteiger partial charge in [-0.3, -0.25) is 0 Å². The monoisotopic (exact) mass is 654 g/mol. The Balaban J connectivity index is 1.21. The summed E-state index contributed by atoms with van der Waals surface area (Å²) >= 11 is 1.45. The number of hydrogen-bond donors (Lipinski definition) is 2. The van der Waals surface area contributed by atoms with Crippen LogP contribution in [0.2, 0.25) is 0 Å². The number of ether oxygens (including phenoxy) is 2. The number of benzene rings is 4. The van der Waals surface area contributed by atoms with Crippen molar-refractivity contribution in [1.82, 2.24) is 4.72 Å². The van der Waals surface area contributed by atoms with Gasteiger partial charge >= 0.3 is 0 Å². The lowest BCUT2D eigenvalue weighted by atomic mass is 9.99. The summed E-state index contributed by atoms with van der Waals surface area (Å²) in [5.41, 5.74) is 5.36. The SMILES string of the molecule is O=S(=O)(NCc1cccc(-c2cccc([C@@H]3O[C@H](CSc4cccc[n+]4[O-])C[C@H](c4ccc(CO)cc4)O3)c2)c1)c1ccccc1. The fraction of sp³-hybridized carbons (Fsp3) is 0.194. The first kappa shape index (κ1) is 31.9. The normalized spacial score (nSPS) is 18.3. The van der Waals surface area contributed by atoms with Crippen LogP contribution < -0.4 is 9.45 Å². The van der Waals surface area contributed by atoms with Crippen molar-refractivity contribution in [2.24, 2.45) is 0 Å². The Hall–Kier alpha value is -4.03. The van der Waals surface area contributed by atoms with Gasteiger partial charge in [0.15, 0.2) is 12.5 Å². The van der Waals surface area contributed by atoms with Crippen LogP contribution in [0.25, 0.3) is 11.1 Å². The Bertz CT molecular complexity index is 1870. The van der Waals surface area contributed by atoms with Gasteiger partial charge < -0.3 is 19.8 Å². The first-order valence-electron chi connectivity index (χ1n) is 14.9. The molecule has 4 aromatic carbocycles. The highest BCUT2D eigenvalue weighted by Crippen LogP contribution is 2.40. The summed E-state index contributed by atoms with van der Waals surface area (Å²) in [4.78, 5) is 0.224. The molecule has 0 bridgehead atoms. The first-order chi connectivity index (χ1) is 22.4. The number of hydrogen-bond acceptors (Lipinski definition) is 7. The summed E-state index contributed by atoms with van der Waals surface area (Å²) in [5.74, 6) is 0.567. The summed E-state index contributed by atoms with van der Waals surface area (Å²) in [5, 5.41) is 22.4. The molecule has 0 radical (unpaired) electrons. The number of nitrogens with zero attached hydrogens (tertiary/aromatic N) is 1. The zero-order chi connectivity index (χ0) is 31.9. The lowest BCUT2D eigenvalue weighted by Gasteiger charge is -2.36. The van der Waals surface area contributed by atoms with Gasteiger partial charge in [-0.05, 0) is 58.1 Å². The van der Waals surface area contributed by atoms with Crippen LogP contribution >= 0.6 is 11.8 Å². The molecule has 2 N–H and O–H groups in total. The lowest BCUT2D eigenvalue weighted by molar-refractivity contribution is -0.645.